The molecule has 6 aliphatic heterocycles. The van der Waals surface area contributed by atoms with Crippen LogP contribution < -0.4 is 0 Å². The SMILES string of the molecule is C/C=C(\C)C(=O)O[C@@H]1[C@@H](OC(=O)[C@@H](C)[C@H](C)O)[C@@H](O)[C@H](O[C@H]2[C@@H]3O[C@H]4[C@H](O[C@@H](CCCCC)CCCCCCCCCC(=O)O[C@H]5[C@H](OC[C@H]6O[C@@H](O[C@H]2[C@H](O)[C@@H](CO)O3)[C@H](O)[C@@H](OC(=O)[C@@H](C)CC)[C@@H]6OC(=O)[C@@H](C)CC)O[C@H](CO)[C@@H](O)[C@@H]5O)O[C@H](C)[C@@H](O)[C@@H]4O)O[C@H]1C. The summed E-state index contributed by atoms with van der Waals surface area (Å²) in [6.07, 6.45) is -37.4. The van der Waals surface area contributed by atoms with Gasteiger partial charge in [-0.1, -0.05) is 98.5 Å². The molecule has 6 saturated heterocycles. The van der Waals surface area contributed by atoms with Crippen molar-refractivity contribution in [1.29, 1.82) is 0 Å². The molecule has 0 unspecified atom stereocenters. The average molecular weight is 1380 g/mol. The number of aliphatic hydroxyl groups excluding tert-OH is 10. The van der Waals surface area contributed by atoms with Crippen molar-refractivity contribution in [2.75, 3.05) is 19.8 Å². The Morgan fingerprint density at radius 3 is 1.74 bits per heavy atom. The molecule has 96 heavy (non-hydrogen) atoms. The van der Waals surface area contributed by atoms with Gasteiger partial charge in [0.1, 0.15) is 79.4 Å². The molecule has 0 aromatic rings. The van der Waals surface area contributed by atoms with Gasteiger partial charge in [-0.2, -0.15) is 0 Å². The molecule has 6 heterocycles. The lowest BCUT2D eigenvalue weighted by atomic mass is 9.95. The van der Waals surface area contributed by atoms with E-state index < -0.39 is 233 Å². The van der Waals surface area contributed by atoms with Crippen molar-refractivity contribution >= 4 is 29.8 Å². The van der Waals surface area contributed by atoms with Gasteiger partial charge < -0.3 is 122 Å². The topological polar surface area (TPSA) is 426 Å². The smallest absolute Gasteiger partial charge is 0.333 e. The minimum absolute atomic E-state index is 0.112. The van der Waals surface area contributed by atoms with Crippen molar-refractivity contribution in [1.82, 2.24) is 0 Å². The highest BCUT2D eigenvalue weighted by atomic mass is 16.8. The minimum atomic E-state index is -2.24. The summed E-state index contributed by atoms with van der Waals surface area (Å²) in [6.45, 7) is 14.4. The Balaban J connectivity index is 1.55. The van der Waals surface area contributed by atoms with Crippen molar-refractivity contribution in [3.8, 4) is 0 Å². The lowest BCUT2D eigenvalue weighted by Gasteiger charge is -2.51. The highest BCUT2D eigenvalue weighted by Gasteiger charge is 2.60. The zero-order valence-electron chi connectivity index (χ0n) is 57.3. The summed E-state index contributed by atoms with van der Waals surface area (Å²) in [7, 11) is 0. The number of hydrogen-bond acceptors (Lipinski definition) is 30. The fraction of sp³-hybridized carbons (Fsp3) is 0.894. The predicted octanol–water partition coefficient (Wildman–Crippen LogP) is 1.46. The van der Waals surface area contributed by atoms with E-state index in [0.717, 1.165) is 44.9 Å². The first-order chi connectivity index (χ1) is 45.6. The summed E-state index contributed by atoms with van der Waals surface area (Å²) < 4.78 is 93.9. The Morgan fingerprint density at radius 1 is 0.552 bits per heavy atom. The third kappa shape index (κ3) is 21.2. The van der Waals surface area contributed by atoms with Crippen LogP contribution >= 0.6 is 0 Å². The number of allylic oxidation sites excluding steroid dienone is 1. The molecule has 0 aromatic heterocycles. The van der Waals surface area contributed by atoms with Gasteiger partial charge in [-0.05, 0) is 73.6 Å². The number of ether oxygens (including phenoxy) is 15. The van der Waals surface area contributed by atoms with E-state index in [1.165, 1.54) is 47.6 Å². The fourth-order valence-electron chi connectivity index (χ4n) is 11.9. The van der Waals surface area contributed by atoms with Crippen LogP contribution in [-0.2, 0) is 95.0 Å². The van der Waals surface area contributed by atoms with Gasteiger partial charge in [0, 0.05) is 12.0 Å². The number of carbonyl (C=O) groups is 5. The van der Waals surface area contributed by atoms with Crippen LogP contribution in [0.5, 0.6) is 0 Å². The molecule has 554 valence electrons. The Hall–Kier alpha value is -3.71. The molecule has 4 bridgehead atoms. The van der Waals surface area contributed by atoms with Crippen molar-refractivity contribution in [2.24, 2.45) is 17.8 Å². The fourth-order valence-corrected chi connectivity index (χ4v) is 11.9. The highest BCUT2D eigenvalue weighted by molar-refractivity contribution is 5.87. The monoisotopic (exact) mass is 1380 g/mol. The predicted molar refractivity (Wildman–Crippen MR) is 331 cm³/mol. The maximum absolute atomic E-state index is 14.0. The van der Waals surface area contributed by atoms with Gasteiger partial charge in [0.2, 0.25) is 0 Å². The Labute approximate surface area is 561 Å². The first kappa shape index (κ1) is 81.3. The Morgan fingerprint density at radius 2 is 1.12 bits per heavy atom. The number of esters is 5. The molecule has 0 amide bonds. The second-order valence-electron chi connectivity index (χ2n) is 26.4. The van der Waals surface area contributed by atoms with Gasteiger partial charge in [-0.3, -0.25) is 19.2 Å². The maximum Gasteiger partial charge on any atom is 0.333 e. The molecular weight excluding hydrogens is 1270 g/mol. The van der Waals surface area contributed by atoms with Crippen molar-refractivity contribution in [3.05, 3.63) is 11.6 Å². The number of rotatable bonds is 19. The Bertz CT molecular complexity index is 2420. The molecule has 30 nitrogen and oxygen atoms in total. The molecule has 30 atom stereocenters. The highest BCUT2D eigenvalue weighted by Crippen LogP contribution is 2.40. The summed E-state index contributed by atoms with van der Waals surface area (Å²) in [4.78, 5) is 68.8. The van der Waals surface area contributed by atoms with E-state index in [2.05, 4.69) is 0 Å². The lowest BCUT2D eigenvalue weighted by Crippen LogP contribution is -2.69. The quantitative estimate of drug-likeness (QED) is 0.0379. The normalized spacial score (nSPS) is 40.3. The van der Waals surface area contributed by atoms with E-state index in [-0.39, 0.29) is 24.8 Å². The first-order valence-electron chi connectivity index (χ1n) is 34.5. The van der Waals surface area contributed by atoms with Crippen LogP contribution in [0.3, 0.4) is 0 Å². The van der Waals surface area contributed by atoms with Gasteiger partial charge in [-0.15, -0.1) is 0 Å². The number of hydrogen-bond donors (Lipinski definition) is 10. The largest absolute Gasteiger partial charge is 0.455 e. The molecule has 0 saturated carbocycles. The van der Waals surface area contributed by atoms with E-state index in [1.54, 1.807) is 27.7 Å². The molecule has 6 aliphatic rings. The molecule has 30 heteroatoms. The van der Waals surface area contributed by atoms with Crippen LogP contribution in [-0.4, -0.2) is 266 Å². The van der Waals surface area contributed by atoms with Crippen molar-refractivity contribution in [2.45, 2.75) is 338 Å². The Kier molecular flexibility index (Phi) is 32.9. The van der Waals surface area contributed by atoms with Crippen LogP contribution in [0.25, 0.3) is 0 Å². The second kappa shape index (κ2) is 38.9. The molecule has 6 fully saturated rings. The maximum atomic E-state index is 14.0. The zero-order chi connectivity index (χ0) is 70.8. The van der Waals surface area contributed by atoms with E-state index in [9.17, 15) is 75.0 Å². The zero-order valence-corrected chi connectivity index (χ0v) is 57.3. The van der Waals surface area contributed by atoms with E-state index >= 15 is 0 Å². The summed E-state index contributed by atoms with van der Waals surface area (Å²) in [5, 5.41) is 116. The summed E-state index contributed by atoms with van der Waals surface area (Å²) in [5.74, 6) is -7.38. The van der Waals surface area contributed by atoms with Crippen LogP contribution in [0.4, 0.5) is 0 Å². The number of fused-ring (bicyclic) bond motifs is 6. The molecule has 0 radical (unpaired) electrons. The number of aliphatic hydroxyl groups is 10. The molecular formula is C66H110O30. The first-order valence-corrected chi connectivity index (χ1v) is 34.5. The lowest BCUT2D eigenvalue weighted by molar-refractivity contribution is -0.410. The van der Waals surface area contributed by atoms with E-state index in [4.69, 9.17) is 71.1 Å². The summed E-state index contributed by atoms with van der Waals surface area (Å²) in [5.41, 5.74) is 0.122. The van der Waals surface area contributed by atoms with Gasteiger partial charge in [0.25, 0.3) is 0 Å². The van der Waals surface area contributed by atoms with Crippen molar-refractivity contribution < 1.29 is 146 Å². The third-order valence-corrected chi connectivity index (χ3v) is 19.1. The van der Waals surface area contributed by atoms with Crippen LogP contribution in [0.1, 0.15) is 172 Å². The number of unbranched alkanes of at least 4 members (excludes halogenated alkanes) is 2. The molecule has 10 N–H and O–H groups in total. The summed E-state index contributed by atoms with van der Waals surface area (Å²) >= 11 is 0. The van der Waals surface area contributed by atoms with Crippen LogP contribution in [0.2, 0.25) is 0 Å². The van der Waals surface area contributed by atoms with Crippen molar-refractivity contribution in [3.63, 3.8) is 0 Å². The van der Waals surface area contributed by atoms with E-state index in [0.29, 0.717) is 32.1 Å². The van der Waals surface area contributed by atoms with Gasteiger partial charge in [0.15, 0.2) is 62.0 Å². The van der Waals surface area contributed by atoms with Crippen LogP contribution in [0.15, 0.2) is 11.6 Å². The molecule has 0 aromatic carbocycles. The standard InChI is InChI=1S/C66H110O30/c1-12-16-22-25-38-26-23-20-18-17-19-21-24-27-42(70)89-55-47(75)44(72)39(28-67)86-64(55)82-30-41-51(91-59(79)32(6)14-3)54(92-60(80)33(7)15-4)49(77)63(88-41)94-52-45(73)40(29-68)87-66(95-56-46(74)43(71)36(10)83-65(56)85-38)57(52)96-62-48(76)53(93-61(81)34(8)35(9)69)50(37(11)84-62)90-58(78)31(5)13-2/h13,32-41,43-57,62-69,71-77H,12,14-30H2,1-11H3/b31-13+/t32-,33-,34-,35-,36+,37-,38-,39+,40+,41+,43+,44+,45+,46-,47-,48+,49+,50-,51+,52-,53-,54+,55+,56+,57+,62-,63-,64+,65-,66-/m0/s1. The third-order valence-electron chi connectivity index (χ3n) is 19.1. The van der Waals surface area contributed by atoms with Crippen LogP contribution in [0, 0.1) is 17.8 Å². The summed E-state index contributed by atoms with van der Waals surface area (Å²) in [6, 6.07) is 0. The second-order valence-corrected chi connectivity index (χ2v) is 26.4. The molecule has 6 rings (SSSR count). The van der Waals surface area contributed by atoms with Gasteiger partial charge in [0.05, 0.1) is 62.0 Å². The van der Waals surface area contributed by atoms with Gasteiger partial charge in [-0.25, -0.2) is 4.79 Å². The molecule has 0 aliphatic carbocycles. The van der Waals surface area contributed by atoms with Gasteiger partial charge >= 0.3 is 29.8 Å². The minimum Gasteiger partial charge on any atom is -0.455 e. The van der Waals surface area contributed by atoms with E-state index in [1.807, 2.05) is 6.92 Å². The molecule has 0 spiro atoms. The average Bonchev–Trinajstić information content (AvgIpc) is 0.768. The number of carbonyl (C=O) groups excluding carboxylic acids is 5.